The van der Waals surface area contributed by atoms with Gasteiger partial charge in [-0.2, -0.15) is 0 Å². The molecule has 0 aliphatic carbocycles. The van der Waals surface area contributed by atoms with E-state index < -0.39 is 0 Å². The number of nitrogens with zero attached hydrogens (tertiary/aromatic N) is 1. The number of amidine groups is 1. The average Bonchev–Trinajstić information content (AvgIpc) is 2.31. The van der Waals surface area contributed by atoms with E-state index in [-0.39, 0.29) is 0 Å². The van der Waals surface area contributed by atoms with Gasteiger partial charge in [0.25, 0.3) is 0 Å². The third-order valence-electron chi connectivity index (χ3n) is 1.28. The lowest BCUT2D eigenvalue weighted by Crippen LogP contribution is -2.05. The Kier molecular flexibility index (Phi) is 2.31. The summed E-state index contributed by atoms with van der Waals surface area (Å²) in [4.78, 5) is 4.01. The van der Waals surface area contributed by atoms with Crippen molar-refractivity contribution < 1.29 is 4.42 Å². The summed E-state index contributed by atoms with van der Waals surface area (Å²) in [7, 11) is 0. The summed E-state index contributed by atoms with van der Waals surface area (Å²) in [5.74, 6) is 2.34. The van der Waals surface area contributed by atoms with E-state index in [0.717, 1.165) is 11.5 Å². The minimum atomic E-state index is 0.538. The number of hydrogen-bond donors (Lipinski definition) is 1. The molecule has 0 aliphatic rings. The highest BCUT2D eigenvalue weighted by molar-refractivity contribution is 5.77. The van der Waals surface area contributed by atoms with Gasteiger partial charge < -0.3 is 10.2 Å². The van der Waals surface area contributed by atoms with Crippen LogP contribution in [0, 0.1) is 6.92 Å². The van der Waals surface area contributed by atoms with Gasteiger partial charge in [0.05, 0.1) is 12.4 Å². The molecule has 0 aliphatic heterocycles. The number of nitrogens with two attached hydrogens (primary N) is 1. The Morgan fingerprint density at radius 3 is 2.82 bits per heavy atom. The molecule has 0 saturated carbocycles. The lowest BCUT2D eigenvalue weighted by atomic mass is 10.4. The Morgan fingerprint density at radius 2 is 2.36 bits per heavy atom. The summed E-state index contributed by atoms with van der Waals surface area (Å²) >= 11 is 0. The summed E-state index contributed by atoms with van der Waals surface area (Å²) in [5, 5.41) is 0. The fourth-order valence-electron chi connectivity index (χ4n) is 0.773. The largest absolute Gasteiger partial charge is 0.464 e. The monoisotopic (exact) mass is 152 g/mol. The van der Waals surface area contributed by atoms with E-state index in [1.54, 1.807) is 6.92 Å². The topological polar surface area (TPSA) is 51.5 Å². The van der Waals surface area contributed by atoms with Gasteiger partial charge in [0.1, 0.15) is 11.5 Å². The van der Waals surface area contributed by atoms with Gasteiger partial charge in [-0.1, -0.05) is 0 Å². The molecule has 1 aromatic rings. The maximum atomic E-state index is 5.36. The molecule has 11 heavy (non-hydrogen) atoms. The normalized spacial score (nSPS) is 12.0. The molecule has 1 aromatic heterocycles. The van der Waals surface area contributed by atoms with Crippen LogP contribution in [0.15, 0.2) is 21.5 Å². The third-order valence-corrected chi connectivity index (χ3v) is 1.28. The van der Waals surface area contributed by atoms with Gasteiger partial charge in [-0.25, -0.2) is 0 Å². The molecule has 0 aromatic carbocycles. The number of aryl methyl sites for hydroxylation is 1. The van der Waals surface area contributed by atoms with Crippen LogP contribution >= 0.6 is 0 Å². The van der Waals surface area contributed by atoms with Crippen LogP contribution in [0.4, 0.5) is 0 Å². The molecule has 0 saturated heterocycles. The lowest BCUT2D eigenvalue weighted by Gasteiger charge is -1.90. The lowest BCUT2D eigenvalue weighted by molar-refractivity contribution is 0.486. The summed E-state index contributed by atoms with van der Waals surface area (Å²) in [6, 6.07) is 3.82. The van der Waals surface area contributed by atoms with Crippen LogP contribution in [0.2, 0.25) is 0 Å². The molecular formula is C8H12N2O. The number of rotatable bonds is 2. The van der Waals surface area contributed by atoms with E-state index in [1.807, 2.05) is 19.1 Å². The first-order chi connectivity index (χ1) is 5.18. The Morgan fingerprint density at radius 1 is 1.64 bits per heavy atom. The van der Waals surface area contributed by atoms with Crippen LogP contribution in [-0.4, -0.2) is 5.84 Å². The van der Waals surface area contributed by atoms with Gasteiger partial charge in [0, 0.05) is 0 Å². The van der Waals surface area contributed by atoms with E-state index in [1.165, 1.54) is 0 Å². The zero-order valence-electron chi connectivity index (χ0n) is 6.79. The Balaban J connectivity index is 2.58. The van der Waals surface area contributed by atoms with Crippen LogP contribution < -0.4 is 5.73 Å². The van der Waals surface area contributed by atoms with E-state index in [4.69, 9.17) is 10.2 Å². The predicted octanol–water partition coefficient (Wildman–Crippen LogP) is 1.47. The molecule has 3 nitrogen and oxygen atoms in total. The molecule has 1 rings (SSSR count). The Bertz CT molecular complexity index is 259. The third kappa shape index (κ3) is 2.45. The number of hydrogen-bond acceptors (Lipinski definition) is 2. The van der Waals surface area contributed by atoms with E-state index >= 15 is 0 Å². The van der Waals surface area contributed by atoms with Crippen LogP contribution in [-0.2, 0) is 6.54 Å². The quantitative estimate of drug-likeness (QED) is 0.515. The first-order valence-corrected chi connectivity index (χ1v) is 3.50. The molecular weight excluding hydrogens is 140 g/mol. The smallest absolute Gasteiger partial charge is 0.125 e. The van der Waals surface area contributed by atoms with E-state index in [2.05, 4.69) is 4.99 Å². The molecule has 0 radical (unpaired) electrons. The standard InChI is InChI=1S/C8H12N2O/c1-6-3-4-8(11-6)5-10-7(2)9/h3-4H,5H2,1-2H3,(H2,9,10). The summed E-state index contributed by atoms with van der Waals surface area (Å²) in [6.45, 7) is 4.20. The zero-order valence-corrected chi connectivity index (χ0v) is 6.79. The number of furan rings is 1. The highest BCUT2D eigenvalue weighted by Crippen LogP contribution is 2.06. The first kappa shape index (κ1) is 7.85. The minimum absolute atomic E-state index is 0.538. The number of aliphatic imine (C=N–C) groups is 1. The first-order valence-electron chi connectivity index (χ1n) is 3.50. The summed E-state index contributed by atoms with van der Waals surface area (Å²) < 4.78 is 5.27. The fraction of sp³-hybridized carbons (Fsp3) is 0.375. The minimum Gasteiger partial charge on any atom is -0.464 e. The van der Waals surface area contributed by atoms with Gasteiger partial charge in [0.15, 0.2) is 0 Å². The Hall–Kier alpha value is -1.25. The van der Waals surface area contributed by atoms with Gasteiger partial charge >= 0.3 is 0 Å². The fourth-order valence-corrected chi connectivity index (χ4v) is 0.773. The van der Waals surface area contributed by atoms with Crippen molar-refractivity contribution in [2.45, 2.75) is 20.4 Å². The highest BCUT2D eigenvalue weighted by Gasteiger charge is 1.95. The van der Waals surface area contributed by atoms with Crippen molar-refractivity contribution >= 4 is 5.84 Å². The average molecular weight is 152 g/mol. The second-order valence-electron chi connectivity index (χ2n) is 2.47. The van der Waals surface area contributed by atoms with Crippen LogP contribution in [0.5, 0.6) is 0 Å². The van der Waals surface area contributed by atoms with Crippen molar-refractivity contribution in [3.8, 4) is 0 Å². The highest BCUT2D eigenvalue weighted by atomic mass is 16.3. The van der Waals surface area contributed by atoms with Crippen LogP contribution in [0.3, 0.4) is 0 Å². The van der Waals surface area contributed by atoms with Crippen LogP contribution in [0.25, 0.3) is 0 Å². The Labute approximate surface area is 65.9 Å². The molecule has 2 N–H and O–H groups in total. The predicted molar refractivity (Wildman–Crippen MR) is 44.4 cm³/mol. The summed E-state index contributed by atoms with van der Waals surface area (Å²) in [6.07, 6.45) is 0. The molecule has 0 atom stereocenters. The van der Waals surface area contributed by atoms with Gasteiger partial charge in [-0.15, -0.1) is 0 Å². The molecule has 0 bridgehead atoms. The van der Waals surface area contributed by atoms with Crippen LogP contribution in [0.1, 0.15) is 18.4 Å². The molecule has 1 heterocycles. The molecule has 60 valence electrons. The molecule has 0 amide bonds. The summed E-state index contributed by atoms with van der Waals surface area (Å²) in [5.41, 5.74) is 5.36. The second-order valence-corrected chi connectivity index (χ2v) is 2.47. The molecule has 0 spiro atoms. The van der Waals surface area contributed by atoms with Gasteiger partial charge in [-0.05, 0) is 26.0 Å². The molecule has 0 unspecified atom stereocenters. The van der Waals surface area contributed by atoms with Crippen molar-refractivity contribution in [2.75, 3.05) is 0 Å². The maximum absolute atomic E-state index is 5.36. The van der Waals surface area contributed by atoms with Gasteiger partial charge in [-0.3, -0.25) is 4.99 Å². The van der Waals surface area contributed by atoms with Crippen molar-refractivity contribution in [2.24, 2.45) is 10.7 Å². The van der Waals surface area contributed by atoms with Gasteiger partial charge in [0.2, 0.25) is 0 Å². The zero-order chi connectivity index (χ0) is 8.27. The van der Waals surface area contributed by atoms with E-state index in [9.17, 15) is 0 Å². The SMILES string of the molecule is CC(N)=NCc1ccc(C)o1. The van der Waals surface area contributed by atoms with Crippen molar-refractivity contribution in [1.82, 2.24) is 0 Å². The molecule has 3 heteroatoms. The second kappa shape index (κ2) is 3.23. The van der Waals surface area contributed by atoms with Crippen molar-refractivity contribution in [3.05, 3.63) is 23.7 Å². The van der Waals surface area contributed by atoms with Crippen molar-refractivity contribution in [1.29, 1.82) is 0 Å². The molecule has 0 fully saturated rings. The van der Waals surface area contributed by atoms with E-state index in [0.29, 0.717) is 12.4 Å². The van der Waals surface area contributed by atoms with Crippen molar-refractivity contribution in [3.63, 3.8) is 0 Å². The maximum Gasteiger partial charge on any atom is 0.125 e.